The molecular formula is C12H18ClN3O3S. The third-order valence-corrected chi connectivity index (χ3v) is 3.63. The van der Waals surface area contributed by atoms with E-state index >= 15 is 0 Å². The molecule has 0 saturated heterocycles. The van der Waals surface area contributed by atoms with Crippen LogP contribution in [0.1, 0.15) is 22.3 Å². The first kappa shape index (κ1) is 16.9. The molecule has 0 aliphatic carbocycles. The van der Waals surface area contributed by atoms with Gasteiger partial charge in [-0.3, -0.25) is 4.79 Å². The highest BCUT2D eigenvalue weighted by atomic mass is 35.5. The fourth-order valence-electron chi connectivity index (χ4n) is 1.54. The highest BCUT2D eigenvalue weighted by Crippen LogP contribution is 2.17. The van der Waals surface area contributed by atoms with Crippen LogP contribution in [0.15, 0.2) is 18.2 Å². The molecule has 4 N–H and O–H groups in total. The third-order valence-electron chi connectivity index (χ3n) is 2.55. The van der Waals surface area contributed by atoms with Crippen LogP contribution >= 0.6 is 11.6 Å². The molecule has 0 spiro atoms. The molecule has 112 valence electrons. The van der Waals surface area contributed by atoms with Gasteiger partial charge in [-0.2, -0.15) is 0 Å². The Balaban J connectivity index is 2.34. The van der Waals surface area contributed by atoms with Crippen LogP contribution in [0, 0.1) is 0 Å². The Bertz CT molecular complexity index is 575. The van der Waals surface area contributed by atoms with Crippen LogP contribution in [0.4, 0.5) is 0 Å². The largest absolute Gasteiger partial charge is 0.366 e. The number of nitrogens with one attached hydrogen (secondary N) is 2. The van der Waals surface area contributed by atoms with Crippen molar-refractivity contribution >= 4 is 27.5 Å². The summed E-state index contributed by atoms with van der Waals surface area (Å²) in [6, 6.07) is 4.90. The first-order valence-corrected chi connectivity index (χ1v) is 8.30. The summed E-state index contributed by atoms with van der Waals surface area (Å²) in [5.74, 6) is -0.516. The number of carbonyl (C=O) groups is 1. The van der Waals surface area contributed by atoms with Crippen LogP contribution in [-0.2, 0) is 16.6 Å². The molecule has 0 heterocycles. The quantitative estimate of drug-likeness (QED) is 0.606. The second-order valence-corrected chi connectivity index (χ2v) is 6.61. The van der Waals surface area contributed by atoms with Crippen molar-refractivity contribution < 1.29 is 13.2 Å². The molecule has 1 rings (SSSR count). The van der Waals surface area contributed by atoms with Gasteiger partial charge in [-0.1, -0.05) is 17.7 Å². The van der Waals surface area contributed by atoms with Gasteiger partial charge in [0, 0.05) is 23.7 Å². The zero-order valence-corrected chi connectivity index (χ0v) is 12.7. The molecule has 6 nitrogen and oxygen atoms in total. The second-order valence-electron chi connectivity index (χ2n) is 4.37. The summed E-state index contributed by atoms with van der Waals surface area (Å²) in [5.41, 5.74) is 6.38. The zero-order chi connectivity index (χ0) is 15.2. The van der Waals surface area contributed by atoms with Gasteiger partial charge in [0.1, 0.15) is 0 Å². The standard InChI is InChI=1S/C12H18ClN3O3S/c1-20(18,19)16-6-2-5-15-8-10-4-3-9(12(14)17)7-11(10)13/h3-4,7,15-16H,2,5-6,8H2,1H3,(H2,14,17). The molecule has 0 saturated carbocycles. The van der Waals surface area contributed by atoms with Crippen molar-refractivity contribution in [1.82, 2.24) is 10.0 Å². The molecule has 0 radical (unpaired) electrons. The molecule has 20 heavy (non-hydrogen) atoms. The van der Waals surface area contributed by atoms with E-state index in [9.17, 15) is 13.2 Å². The van der Waals surface area contributed by atoms with Gasteiger partial charge in [-0.15, -0.1) is 0 Å². The maximum absolute atomic E-state index is 11.0. The van der Waals surface area contributed by atoms with Crippen LogP contribution in [0.3, 0.4) is 0 Å². The van der Waals surface area contributed by atoms with E-state index in [-0.39, 0.29) is 0 Å². The van der Waals surface area contributed by atoms with Gasteiger partial charge in [0.15, 0.2) is 0 Å². The van der Waals surface area contributed by atoms with Gasteiger partial charge in [0.05, 0.1) is 6.26 Å². The smallest absolute Gasteiger partial charge is 0.248 e. The van der Waals surface area contributed by atoms with E-state index in [1.807, 2.05) is 0 Å². The minimum atomic E-state index is -3.13. The first-order valence-electron chi connectivity index (χ1n) is 6.03. The van der Waals surface area contributed by atoms with Crippen molar-refractivity contribution in [1.29, 1.82) is 0 Å². The van der Waals surface area contributed by atoms with Crippen molar-refractivity contribution in [2.24, 2.45) is 5.73 Å². The average molecular weight is 320 g/mol. The fraction of sp³-hybridized carbons (Fsp3) is 0.417. The van der Waals surface area contributed by atoms with Gasteiger partial charge in [-0.05, 0) is 30.7 Å². The van der Waals surface area contributed by atoms with E-state index in [0.29, 0.717) is 36.6 Å². The Kier molecular flexibility index (Phi) is 6.41. The number of sulfonamides is 1. The van der Waals surface area contributed by atoms with Gasteiger partial charge < -0.3 is 11.1 Å². The Morgan fingerprint density at radius 2 is 2.05 bits per heavy atom. The van der Waals surface area contributed by atoms with E-state index in [2.05, 4.69) is 10.0 Å². The van der Waals surface area contributed by atoms with E-state index < -0.39 is 15.9 Å². The molecule has 0 aliphatic heterocycles. The SMILES string of the molecule is CS(=O)(=O)NCCCNCc1ccc(C(N)=O)cc1Cl. The second kappa shape index (κ2) is 7.58. The molecule has 1 amide bonds. The molecule has 8 heteroatoms. The number of carbonyl (C=O) groups excluding carboxylic acids is 1. The maximum Gasteiger partial charge on any atom is 0.248 e. The van der Waals surface area contributed by atoms with Crippen LogP contribution in [-0.4, -0.2) is 33.7 Å². The molecule has 0 unspecified atom stereocenters. The van der Waals surface area contributed by atoms with Crippen molar-refractivity contribution in [3.05, 3.63) is 34.3 Å². The summed E-state index contributed by atoms with van der Waals surface area (Å²) < 4.78 is 24.1. The molecule has 0 aromatic heterocycles. The van der Waals surface area contributed by atoms with E-state index in [1.54, 1.807) is 12.1 Å². The average Bonchev–Trinajstić information content (AvgIpc) is 2.33. The van der Waals surface area contributed by atoms with Crippen LogP contribution in [0.5, 0.6) is 0 Å². The lowest BCUT2D eigenvalue weighted by atomic mass is 10.1. The lowest BCUT2D eigenvalue weighted by Gasteiger charge is -2.08. The van der Waals surface area contributed by atoms with Crippen molar-refractivity contribution in [3.63, 3.8) is 0 Å². The minimum Gasteiger partial charge on any atom is -0.366 e. The Morgan fingerprint density at radius 1 is 1.35 bits per heavy atom. The Labute approximate surface area is 123 Å². The van der Waals surface area contributed by atoms with Crippen molar-refractivity contribution in [2.75, 3.05) is 19.3 Å². The van der Waals surface area contributed by atoms with Crippen LogP contribution in [0.2, 0.25) is 5.02 Å². The highest BCUT2D eigenvalue weighted by molar-refractivity contribution is 7.88. The number of primary amides is 1. The lowest BCUT2D eigenvalue weighted by Crippen LogP contribution is -2.26. The minimum absolute atomic E-state index is 0.371. The number of nitrogens with two attached hydrogens (primary N) is 1. The number of rotatable bonds is 8. The van der Waals surface area contributed by atoms with E-state index in [4.69, 9.17) is 17.3 Å². The summed E-state index contributed by atoms with van der Waals surface area (Å²) in [5, 5.41) is 3.62. The number of benzene rings is 1. The van der Waals surface area contributed by atoms with Crippen molar-refractivity contribution in [3.8, 4) is 0 Å². The van der Waals surface area contributed by atoms with Crippen molar-refractivity contribution in [2.45, 2.75) is 13.0 Å². The summed E-state index contributed by atoms with van der Waals surface area (Å²) in [6.45, 7) is 1.58. The molecule has 0 fully saturated rings. The van der Waals surface area contributed by atoms with Gasteiger partial charge in [-0.25, -0.2) is 13.1 Å². The predicted molar refractivity (Wildman–Crippen MR) is 79.1 cm³/mol. The maximum atomic E-state index is 11.0. The molecular weight excluding hydrogens is 302 g/mol. The molecule has 0 aliphatic rings. The zero-order valence-electron chi connectivity index (χ0n) is 11.1. The number of hydrogen-bond acceptors (Lipinski definition) is 4. The summed E-state index contributed by atoms with van der Waals surface area (Å²) >= 11 is 6.03. The van der Waals surface area contributed by atoms with E-state index in [1.165, 1.54) is 6.07 Å². The number of amides is 1. The predicted octanol–water partition coefficient (Wildman–Crippen LogP) is 0.468. The van der Waals surface area contributed by atoms with Gasteiger partial charge >= 0.3 is 0 Å². The molecule has 1 aromatic carbocycles. The monoisotopic (exact) mass is 319 g/mol. The normalized spacial score (nSPS) is 11.5. The summed E-state index contributed by atoms with van der Waals surface area (Å²) in [6.07, 6.45) is 1.80. The molecule has 0 atom stereocenters. The Morgan fingerprint density at radius 3 is 2.60 bits per heavy atom. The Hall–Kier alpha value is -1.15. The first-order chi connectivity index (χ1) is 9.29. The number of halogens is 1. The molecule has 1 aromatic rings. The fourth-order valence-corrected chi connectivity index (χ4v) is 2.30. The summed E-state index contributed by atoms with van der Waals surface area (Å²) in [4.78, 5) is 11.0. The third kappa shape index (κ3) is 6.33. The highest BCUT2D eigenvalue weighted by Gasteiger charge is 2.05. The van der Waals surface area contributed by atoms with Gasteiger partial charge in [0.2, 0.25) is 15.9 Å². The number of hydrogen-bond donors (Lipinski definition) is 3. The van der Waals surface area contributed by atoms with Crippen LogP contribution < -0.4 is 15.8 Å². The molecule has 0 bridgehead atoms. The lowest BCUT2D eigenvalue weighted by molar-refractivity contribution is 0.100. The van der Waals surface area contributed by atoms with Gasteiger partial charge in [0.25, 0.3) is 0 Å². The summed E-state index contributed by atoms with van der Waals surface area (Å²) in [7, 11) is -3.13. The van der Waals surface area contributed by atoms with Crippen LogP contribution in [0.25, 0.3) is 0 Å². The van der Waals surface area contributed by atoms with E-state index in [0.717, 1.165) is 11.8 Å². The topological polar surface area (TPSA) is 101 Å².